The van der Waals surface area contributed by atoms with Crippen molar-refractivity contribution in [2.45, 2.75) is 288 Å². The van der Waals surface area contributed by atoms with E-state index in [4.69, 9.17) is 60.8 Å². The molecule has 11 aliphatic rings. The Morgan fingerprint density at radius 2 is 1.27 bits per heavy atom. The second-order valence-corrected chi connectivity index (χ2v) is 28.1. The zero-order chi connectivity index (χ0) is 57.3. The van der Waals surface area contributed by atoms with Gasteiger partial charge in [0.05, 0.1) is 127 Å². The molecule has 0 spiro atoms. The van der Waals surface area contributed by atoms with E-state index in [1.807, 2.05) is 6.92 Å². The molecular weight excluding hydrogens is 1090 g/mol. The van der Waals surface area contributed by atoms with Crippen molar-refractivity contribution in [3.05, 3.63) is 49.1 Å². The van der Waals surface area contributed by atoms with Crippen LogP contribution >= 0.6 is 0 Å². The lowest BCUT2D eigenvalue weighted by atomic mass is 9.73. The predicted octanol–water partition coefficient (Wildman–Crippen LogP) is 4.42. The van der Waals surface area contributed by atoms with Gasteiger partial charge < -0.3 is 67.4 Å². The number of aliphatic hydroxyl groups excluding tert-OH is 2. The van der Waals surface area contributed by atoms with E-state index in [0.717, 1.165) is 6.42 Å². The summed E-state index contributed by atoms with van der Waals surface area (Å²) in [6.07, 6.45) is -0.374. The van der Waals surface area contributed by atoms with Gasteiger partial charge in [-0.15, -0.1) is 6.58 Å². The van der Waals surface area contributed by atoms with Gasteiger partial charge in [-0.25, -0.2) is 8.37 Å². The van der Waals surface area contributed by atoms with Crippen molar-refractivity contribution in [3.63, 3.8) is 0 Å². The number of aliphatic hydroxyl groups is 3. The number of rotatable bonds is 12. The highest BCUT2D eigenvalue weighted by molar-refractivity contribution is 7.81. The summed E-state index contributed by atoms with van der Waals surface area (Å²) < 4.78 is 151. The van der Waals surface area contributed by atoms with Gasteiger partial charge in [-0.2, -0.15) is 16.8 Å². The molecule has 27 atom stereocenters. The SMILES string of the molecule is C=CC(O)C(=C)/C=C/C(C)(O)C1OC2CC3OC4CC5OC6CC7OC8CC9OC%10CC%11OC(C)(CCCOS(=O)(=O)O)C(OS(=O)(=O)O)CC%11OC%10CC9OC8CCC7(C)OC6(C)CCC(C)C5OC4C(O)C3(C)OC2CC1=C. The lowest BCUT2D eigenvalue weighted by Crippen LogP contribution is -2.74. The molecule has 5 N–H and O–H groups in total. The standard InChI is InChI=1S/C56H84O22S2/c1-10-31(57)28(2)12-16-52(5,59)51-30(4)20-40-39(73-51)26-47-56(9,76-40)50(58)49-43(72-47)24-42-48(74-49)29(3)13-17-54(7)45(71-42)27-44-55(8,78-54)18-14-32-33(70-44)21-35-34(67-32)22-36-37(68-35)23-41-38(69-36)25-46(77-80(63,64)65)53(6,75-41)15-11-19-66-79(60,61)62/h10,12,16,29,31-51,57-59H,1-2,4,11,13-15,17-27H2,3,5-9H3,(H,60,61,62)(H,63,64,65)/b16-12+. The first-order valence-corrected chi connectivity index (χ1v) is 31.5. The predicted molar refractivity (Wildman–Crippen MR) is 282 cm³/mol. The topological polar surface area (TPSA) is 289 Å². The minimum Gasteiger partial charge on any atom is -0.387 e. The van der Waals surface area contributed by atoms with Gasteiger partial charge in [0.15, 0.2) is 0 Å². The van der Waals surface area contributed by atoms with E-state index >= 15 is 0 Å². The zero-order valence-corrected chi connectivity index (χ0v) is 48.3. The molecule has 22 nitrogen and oxygen atoms in total. The molecular formula is C56H84O22S2. The van der Waals surface area contributed by atoms with Crippen molar-refractivity contribution in [3.8, 4) is 0 Å². The Morgan fingerprint density at radius 1 is 0.713 bits per heavy atom. The van der Waals surface area contributed by atoms with Crippen LogP contribution in [0.1, 0.15) is 131 Å². The summed E-state index contributed by atoms with van der Waals surface area (Å²) in [6, 6.07) is 0. The van der Waals surface area contributed by atoms with Gasteiger partial charge in [-0.3, -0.25) is 9.11 Å². The maximum atomic E-state index is 12.3. The van der Waals surface area contributed by atoms with Crippen LogP contribution in [0.2, 0.25) is 0 Å². The fourth-order valence-electron chi connectivity index (χ4n) is 15.5. The summed E-state index contributed by atoms with van der Waals surface area (Å²) in [5, 5.41) is 34.1. The minimum absolute atomic E-state index is 0.0538. The van der Waals surface area contributed by atoms with Crippen molar-refractivity contribution in [1.29, 1.82) is 0 Å². The quantitative estimate of drug-likeness (QED) is 0.0782. The van der Waals surface area contributed by atoms with Crippen LogP contribution in [0.25, 0.3) is 0 Å². The van der Waals surface area contributed by atoms with Crippen molar-refractivity contribution in [1.82, 2.24) is 0 Å². The molecule has 24 heteroatoms. The number of hydrogen-bond acceptors (Lipinski definition) is 20. The van der Waals surface area contributed by atoms with Gasteiger partial charge in [-0.05, 0) is 96.6 Å². The van der Waals surface area contributed by atoms with Gasteiger partial charge >= 0.3 is 20.8 Å². The molecule has 0 amide bonds. The van der Waals surface area contributed by atoms with Crippen LogP contribution < -0.4 is 0 Å². The summed E-state index contributed by atoms with van der Waals surface area (Å²) in [7, 11) is -9.60. The second kappa shape index (κ2) is 21.8. The lowest BCUT2D eigenvalue weighted by Gasteiger charge is -2.61. The number of fused-ring (bicyclic) bond motifs is 10. The third-order valence-corrected chi connectivity index (χ3v) is 21.0. The van der Waals surface area contributed by atoms with E-state index < -0.39 is 134 Å². The zero-order valence-electron chi connectivity index (χ0n) is 46.7. The Morgan fingerprint density at radius 3 is 1.93 bits per heavy atom. The lowest BCUT2D eigenvalue weighted by molar-refractivity contribution is -0.369. The van der Waals surface area contributed by atoms with E-state index in [1.54, 1.807) is 26.0 Å². The van der Waals surface area contributed by atoms with Gasteiger partial charge in [0, 0.05) is 44.9 Å². The number of ether oxygens (including phenoxy) is 11. The Kier molecular flexibility index (Phi) is 16.3. The summed E-state index contributed by atoms with van der Waals surface area (Å²) in [6.45, 7) is 23.0. The van der Waals surface area contributed by atoms with Crippen LogP contribution in [0.15, 0.2) is 49.1 Å². The minimum atomic E-state index is -4.91. The molecule has 0 bridgehead atoms. The third kappa shape index (κ3) is 11.6. The summed E-state index contributed by atoms with van der Waals surface area (Å²) in [4.78, 5) is 0. The molecule has 11 heterocycles. The molecule has 452 valence electrons. The Bertz CT molecular complexity index is 2600. The fraction of sp³-hybridized carbons (Fsp3) is 0.857. The third-order valence-electron chi connectivity index (χ3n) is 20.0. The average Bonchev–Trinajstić information content (AvgIpc) is 3.51. The fourth-order valence-corrected chi connectivity index (χ4v) is 16.4. The van der Waals surface area contributed by atoms with Crippen LogP contribution in [0, 0.1) is 5.92 Å². The van der Waals surface area contributed by atoms with E-state index in [9.17, 15) is 36.7 Å². The second-order valence-electron chi connectivity index (χ2n) is 26.0. The molecule has 11 rings (SSSR count). The van der Waals surface area contributed by atoms with Gasteiger partial charge in [0.1, 0.15) is 35.6 Å². The molecule has 80 heavy (non-hydrogen) atoms. The molecule has 0 radical (unpaired) electrons. The molecule has 0 aromatic rings. The molecule has 0 aromatic heterocycles. The largest absolute Gasteiger partial charge is 0.397 e. The Labute approximate surface area is 470 Å². The molecule has 11 saturated heterocycles. The average molecular weight is 1170 g/mol. The van der Waals surface area contributed by atoms with Crippen molar-refractivity contribution < 1.29 is 102 Å². The highest BCUT2D eigenvalue weighted by Crippen LogP contribution is 2.54. The van der Waals surface area contributed by atoms with Gasteiger partial charge in [-0.1, -0.05) is 38.3 Å². The maximum Gasteiger partial charge on any atom is 0.397 e. The monoisotopic (exact) mass is 1170 g/mol. The molecule has 0 aromatic carbocycles. The number of hydrogen-bond donors (Lipinski definition) is 5. The van der Waals surface area contributed by atoms with Gasteiger partial charge in [0.25, 0.3) is 0 Å². The molecule has 11 aliphatic heterocycles. The van der Waals surface area contributed by atoms with Crippen LogP contribution in [0.4, 0.5) is 0 Å². The summed E-state index contributed by atoms with van der Waals surface area (Å²) in [5.74, 6) is 0.0538. The highest BCUT2D eigenvalue weighted by atomic mass is 32.3. The highest BCUT2D eigenvalue weighted by Gasteiger charge is 2.65. The van der Waals surface area contributed by atoms with E-state index in [-0.39, 0.29) is 74.5 Å². The first kappa shape index (κ1) is 59.9. The Balaban J connectivity index is 0.744. The van der Waals surface area contributed by atoms with E-state index in [1.165, 1.54) is 6.08 Å². The van der Waals surface area contributed by atoms with E-state index in [2.05, 4.69) is 44.7 Å². The first-order chi connectivity index (χ1) is 37.4. The Hall–Kier alpha value is -1.86. The smallest absolute Gasteiger partial charge is 0.387 e. The van der Waals surface area contributed by atoms with Crippen LogP contribution in [-0.4, -0.2) is 204 Å². The van der Waals surface area contributed by atoms with Crippen molar-refractivity contribution in [2.24, 2.45) is 5.92 Å². The molecule has 11 fully saturated rings. The van der Waals surface area contributed by atoms with Crippen LogP contribution in [0.3, 0.4) is 0 Å². The normalized spacial score (nSPS) is 50.4. The van der Waals surface area contributed by atoms with Crippen molar-refractivity contribution >= 4 is 20.8 Å². The molecule has 0 saturated carbocycles. The van der Waals surface area contributed by atoms with Gasteiger partial charge in [0.2, 0.25) is 0 Å². The van der Waals surface area contributed by atoms with Crippen molar-refractivity contribution in [2.75, 3.05) is 6.61 Å². The van der Waals surface area contributed by atoms with E-state index in [0.29, 0.717) is 75.4 Å². The summed E-state index contributed by atoms with van der Waals surface area (Å²) >= 11 is 0. The molecule has 27 unspecified atom stereocenters. The summed E-state index contributed by atoms with van der Waals surface area (Å²) in [5.41, 5.74) is -4.23. The maximum absolute atomic E-state index is 12.3. The molecule has 0 aliphatic carbocycles. The first-order valence-electron chi connectivity index (χ1n) is 28.8. The van der Waals surface area contributed by atoms with Crippen LogP contribution in [0.5, 0.6) is 0 Å². The van der Waals surface area contributed by atoms with Crippen LogP contribution in [-0.2, 0) is 81.3 Å².